The van der Waals surface area contributed by atoms with Crippen LogP contribution in [0.1, 0.15) is 37.4 Å². The average molecular weight is 245 g/mol. The van der Waals surface area contributed by atoms with E-state index in [1.165, 1.54) is 12.8 Å². The molecule has 0 saturated heterocycles. The summed E-state index contributed by atoms with van der Waals surface area (Å²) in [6.07, 6.45) is 4.70. The summed E-state index contributed by atoms with van der Waals surface area (Å²) in [5, 5.41) is 3.03. The molecule has 18 heavy (non-hydrogen) atoms. The van der Waals surface area contributed by atoms with Crippen molar-refractivity contribution in [1.29, 1.82) is 0 Å². The van der Waals surface area contributed by atoms with Crippen LogP contribution in [0.25, 0.3) is 11.2 Å². The minimum Gasteiger partial charge on any atom is -0.373 e. The van der Waals surface area contributed by atoms with Crippen LogP contribution in [-0.4, -0.2) is 28.0 Å². The van der Waals surface area contributed by atoms with Crippen molar-refractivity contribution in [2.45, 2.75) is 37.6 Å². The van der Waals surface area contributed by atoms with E-state index in [0.29, 0.717) is 5.92 Å². The van der Waals surface area contributed by atoms with Crippen molar-refractivity contribution in [3.8, 4) is 0 Å². The van der Waals surface area contributed by atoms with Crippen LogP contribution in [0.4, 0.5) is 5.82 Å². The van der Waals surface area contributed by atoms with Crippen molar-refractivity contribution in [3.63, 3.8) is 0 Å². The fourth-order valence-electron chi connectivity index (χ4n) is 2.73. The lowest BCUT2D eigenvalue weighted by atomic mass is 9.84. The highest BCUT2D eigenvalue weighted by Crippen LogP contribution is 2.31. The Hall–Kier alpha value is -1.62. The van der Waals surface area contributed by atoms with Crippen molar-refractivity contribution < 1.29 is 0 Å². The SMILES string of the molecule is CNc1ccc2[nH]c(C3CCCCC3N)nc2n1. The van der Waals surface area contributed by atoms with E-state index in [0.717, 1.165) is 35.6 Å². The van der Waals surface area contributed by atoms with Crippen molar-refractivity contribution in [1.82, 2.24) is 15.0 Å². The number of nitrogens with two attached hydrogens (primary N) is 1. The summed E-state index contributed by atoms with van der Waals surface area (Å²) in [6.45, 7) is 0. The second-order valence-corrected chi connectivity index (χ2v) is 4.99. The van der Waals surface area contributed by atoms with E-state index < -0.39 is 0 Å². The Bertz CT molecular complexity index is 547. The molecular formula is C13H19N5. The standard InChI is InChI=1S/C13H19N5/c1-15-11-7-6-10-13(17-11)18-12(16-10)8-4-2-3-5-9(8)14/h6-9H,2-5,14H2,1H3,(H2,15,16,17,18). The van der Waals surface area contributed by atoms with Gasteiger partial charge in [0.25, 0.3) is 0 Å². The van der Waals surface area contributed by atoms with Crippen molar-refractivity contribution in [2.24, 2.45) is 5.73 Å². The first-order valence-electron chi connectivity index (χ1n) is 6.58. The van der Waals surface area contributed by atoms with E-state index in [1.807, 2.05) is 19.2 Å². The third kappa shape index (κ3) is 1.95. The Balaban J connectivity index is 1.97. The first kappa shape index (κ1) is 11.5. The largest absolute Gasteiger partial charge is 0.373 e. The van der Waals surface area contributed by atoms with Crippen LogP contribution in [0.5, 0.6) is 0 Å². The predicted octanol–water partition coefficient (Wildman–Crippen LogP) is 1.98. The molecule has 0 aliphatic heterocycles. The summed E-state index contributed by atoms with van der Waals surface area (Å²) in [5.74, 6) is 2.19. The van der Waals surface area contributed by atoms with Crippen molar-refractivity contribution in [2.75, 3.05) is 12.4 Å². The lowest BCUT2D eigenvalue weighted by molar-refractivity contribution is 0.375. The van der Waals surface area contributed by atoms with Gasteiger partial charge in [-0.1, -0.05) is 12.8 Å². The van der Waals surface area contributed by atoms with Gasteiger partial charge >= 0.3 is 0 Å². The van der Waals surface area contributed by atoms with Crippen LogP contribution >= 0.6 is 0 Å². The first-order valence-corrected chi connectivity index (χ1v) is 6.58. The van der Waals surface area contributed by atoms with Crippen LogP contribution < -0.4 is 11.1 Å². The van der Waals surface area contributed by atoms with E-state index >= 15 is 0 Å². The van der Waals surface area contributed by atoms with Crippen LogP contribution in [0, 0.1) is 0 Å². The number of imidazole rings is 1. The van der Waals surface area contributed by atoms with E-state index in [-0.39, 0.29) is 6.04 Å². The monoisotopic (exact) mass is 245 g/mol. The quantitative estimate of drug-likeness (QED) is 0.756. The van der Waals surface area contributed by atoms with E-state index in [9.17, 15) is 0 Å². The Kier molecular flexibility index (Phi) is 2.91. The maximum absolute atomic E-state index is 6.20. The van der Waals surface area contributed by atoms with E-state index in [4.69, 9.17) is 5.73 Å². The molecule has 0 amide bonds. The number of nitrogens with one attached hydrogen (secondary N) is 2. The summed E-state index contributed by atoms with van der Waals surface area (Å²) in [7, 11) is 1.86. The number of H-pyrrole nitrogens is 1. The van der Waals surface area contributed by atoms with Gasteiger partial charge in [0.05, 0.1) is 5.52 Å². The maximum Gasteiger partial charge on any atom is 0.179 e. The number of rotatable bonds is 2. The molecular weight excluding hydrogens is 226 g/mol. The molecule has 2 heterocycles. The van der Waals surface area contributed by atoms with Crippen LogP contribution in [0.15, 0.2) is 12.1 Å². The second-order valence-electron chi connectivity index (χ2n) is 4.99. The van der Waals surface area contributed by atoms with Crippen LogP contribution in [-0.2, 0) is 0 Å². The van der Waals surface area contributed by atoms with Gasteiger partial charge in [-0.15, -0.1) is 0 Å². The summed E-state index contributed by atoms with van der Waals surface area (Å²) in [6, 6.07) is 4.19. The molecule has 5 heteroatoms. The number of pyridine rings is 1. The fourth-order valence-corrected chi connectivity index (χ4v) is 2.73. The molecule has 0 spiro atoms. The highest BCUT2D eigenvalue weighted by atomic mass is 15.0. The number of fused-ring (bicyclic) bond motifs is 1. The molecule has 96 valence electrons. The molecule has 2 atom stereocenters. The Morgan fingerprint density at radius 2 is 2.11 bits per heavy atom. The summed E-state index contributed by atoms with van der Waals surface area (Å²) >= 11 is 0. The van der Waals surface area contributed by atoms with Gasteiger partial charge in [-0.05, 0) is 25.0 Å². The number of aromatic nitrogens is 3. The van der Waals surface area contributed by atoms with E-state index in [1.54, 1.807) is 0 Å². The third-order valence-electron chi connectivity index (χ3n) is 3.79. The smallest absolute Gasteiger partial charge is 0.179 e. The molecule has 1 aliphatic carbocycles. The number of anilines is 1. The summed E-state index contributed by atoms with van der Waals surface area (Å²) < 4.78 is 0. The third-order valence-corrected chi connectivity index (χ3v) is 3.79. The zero-order chi connectivity index (χ0) is 12.5. The zero-order valence-corrected chi connectivity index (χ0v) is 10.6. The molecule has 1 saturated carbocycles. The Morgan fingerprint density at radius 3 is 2.89 bits per heavy atom. The van der Waals surface area contributed by atoms with Gasteiger partial charge in [0.15, 0.2) is 5.65 Å². The number of aromatic amines is 1. The molecule has 5 nitrogen and oxygen atoms in total. The van der Waals surface area contributed by atoms with Crippen molar-refractivity contribution >= 4 is 17.0 Å². The van der Waals surface area contributed by atoms with E-state index in [2.05, 4.69) is 20.3 Å². The lowest BCUT2D eigenvalue weighted by Crippen LogP contribution is -2.31. The summed E-state index contributed by atoms with van der Waals surface area (Å²) in [5.41, 5.74) is 7.96. The van der Waals surface area contributed by atoms with Gasteiger partial charge in [-0.3, -0.25) is 0 Å². The Labute approximate surface area is 106 Å². The fraction of sp³-hybridized carbons (Fsp3) is 0.538. The predicted molar refractivity (Wildman–Crippen MR) is 72.6 cm³/mol. The second kappa shape index (κ2) is 4.57. The minimum absolute atomic E-state index is 0.225. The molecule has 2 aromatic heterocycles. The number of hydrogen-bond donors (Lipinski definition) is 3. The highest BCUT2D eigenvalue weighted by Gasteiger charge is 2.26. The van der Waals surface area contributed by atoms with Gasteiger partial charge in [0.2, 0.25) is 0 Å². The molecule has 0 aromatic carbocycles. The summed E-state index contributed by atoms with van der Waals surface area (Å²) in [4.78, 5) is 12.4. The van der Waals surface area contributed by atoms with Gasteiger partial charge in [0.1, 0.15) is 11.6 Å². The molecule has 2 aromatic rings. The molecule has 4 N–H and O–H groups in total. The van der Waals surface area contributed by atoms with Gasteiger partial charge < -0.3 is 16.0 Å². The molecule has 1 aliphatic rings. The lowest BCUT2D eigenvalue weighted by Gasteiger charge is -2.26. The molecule has 2 unspecified atom stereocenters. The molecule has 3 rings (SSSR count). The average Bonchev–Trinajstić information content (AvgIpc) is 2.81. The normalized spacial score (nSPS) is 24.3. The number of hydrogen-bond acceptors (Lipinski definition) is 4. The maximum atomic E-state index is 6.20. The molecule has 0 radical (unpaired) electrons. The van der Waals surface area contributed by atoms with Gasteiger partial charge in [-0.25, -0.2) is 9.97 Å². The zero-order valence-electron chi connectivity index (χ0n) is 10.6. The van der Waals surface area contributed by atoms with Gasteiger partial charge in [0, 0.05) is 19.0 Å². The van der Waals surface area contributed by atoms with Crippen LogP contribution in [0.2, 0.25) is 0 Å². The first-order chi connectivity index (χ1) is 8.78. The van der Waals surface area contributed by atoms with Crippen LogP contribution in [0.3, 0.4) is 0 Å². The molecule has 0 bridgehead atoms. The minimum atomic E-state index is 0.225. The van der Waals surface area contributed by atoms with Crippen molar-refractivity contribution in [3.05, 3.63) is 18.0 Å². The van der Waals surface area contributed by atoms with Gasteiger partial charge in [-0.2, -0.15) is 0 Å². The Morgan fingerprint density at radius 1 is 1.28 bits per heavy atom. The topological polar surface area (TPSA) is 79.6 Å². The highest BCUT2D eigenvalue weighted by molar-refractivity contribution is 5.73. The molecule has 1 fully saturated rings. The number of nitrogens with zero attached hydrogens (tertiary/aromatic N) is 2.